The van der Waals surface area contributed by atoms with Gasteiger partial charge in [0.25, 0.3) is 0 Å². The number of nitrogens with zero attached hydrogens (tertiary/aromatic N) is 2. The molecule has 2 heterocycles. The number of nitrogens with one attached hydrogen (secondary N) is 1. The van der Waals surface area contributed by atoms with E-state index in [1.54, 1.807) is 18.3 Å². The summed E-state index contributed by atoms with van der Waals surface area (Å²) in [5.41, 5.74) is 3.48. The maximum absolute atomic E-state index is 10.6. The van der Waals surface area contributed by atoms with Crippen LogP contribution >= 0.6 is 0 Å². The number of rotatable bonds is 2. The monoisotopic (exact) mass is 223 g/mol. The first kappa shape index (κ1) is 9.72. The second-order valence-electron chi connectivity index (χ2n) is 3.75. The fourth-order valence-corrected chi connectivity index (χ4v) is 1.77. The van der Waals surface area contributed by atoms with Crippen molar-refractivity contribution in [3.05, 3.63) is 48.4 Å². The predicted molar refractivity (Wildman–Crippen MR) is 64.7 cm³/mol. The van der Waals surface area contributed by atoms with Gasteiger partial charge in [0.2, 0.25) is 0 Å². The van der Waals surface area contributed by atoms with Gasteiger partial charge in [-0.15, -0.1) is 0 Å². The average Bonchev–Trinajstić information content (AvgIpc) is 2.82. The molecule has 4 heteroatoms. The highest BCUT2D eigenvalue weighted by Gasteiger charge is 2.03. The molecular formula is C13H9N3O. The van der Waals surface area contributed by atoms with Gasteiger partial charge in [-0.05, 0) is 11.6 Å². The summed E-state index contributed by atoms with van der Waals surface area (Å²) < 4.78 is 0. The Balaban J connectivity index is 2.10. The Kier molecular flexibility index (Phi) is 2.19. The van der Waals surface area contributed by atoms with Gasteiger partial charge >= 0.3 is 0 Å². The van der Waals surface area contributed by atoms with E-state index in [0.29, 0.717) is 5.56 Å². The Morgan fingerprint density at radius 1 is 1.18 bits per heavy atom. The molecule has 0 aliphatic carbocycles. The summed E-state index contributed by atoms with van der Waals surface area (Å²) in [6.07, 6.45) is 4.11. The highest BCUT2D eigenvalue weighted by Crippen LogP contribution is 2.22. The van der Waals surface area contributed by atoms with Crippen molar-refractivity contribution < 1.29 is 4.79 Å². The number of fused-ring (bicyclic) bond motifs is 1. The molecule has 1 aromatic carbocycles. The maximum atomic E-state index is 10.6. The summed E-state index contributed by atoms with van der Waals surface area (Å²) in [6, 6.07) is 9.38. The van der Waals surface area contributed by atoms with E-state index in [1.165, 1.54) is 6.33 Å². The largest absolute Gasteiger partial charge is 0.339 e. The second-order valence-corrected chi connectivity index (χ2v) is 3.75. The van der Waals surface area contributed by atoms with Crippen LogP contribution in [-0.4, -0.2) is 21.2 Å². The quantitative estimate of drug-likeness (QED) is 0.679. The minimum Gasteiger partial charge on any atom is -0.339 e. The molecule has 0 aliphatic heterocycles. The highest BCUT2D eigenvalue weighted by molar-refractivity contribution is 5.83. The van der Waals surface area contributed by atoms with E-state index in [2.05, 4.69) is 15.0 Å². The van der Waals surface area contributed by atoms with Crippen molar-refractivity contribution in [2.75, 3.05) is 0 Å². The second kappa shape index (κ2) is 3.83. The molecule has 0 fully saturated rings. The summed E-state index contributed by atoms with van der Waals surface area (Å²) in [5.74, 6) is 0. The number of aromatic amines is 1. The molecule has 0 spiro atoms. The summed E-state index contributed by atoms with van der Waals surface area (Å²) in [4.78, 5) is 21.9. The van der Waals surface area contributed by atoms with Crippen molar-refractivity contribution in [3.8, 4) is 11.3 Å². The van der Waals surface area contributed by atoms with Crippen molar-refractivity contribution in [1.82, 2.24) is 15.0 Å². The SMILES string of the molecule is O=Cc1ccc(-c2cc3cncnc3[nH]2)cc1. The zero-order chi connectivity index (χ0) is 11.7. The molecule has 0 unspecified atom stereocenters. The molecule has 0 saturated heterocycles. The van der Waals surface area contributed by atoms with Crippen molar-refractivity contribution in [3.63, 3.8) is 0 Å². The third-order valence-electron chi connectivity index (χ3n) is 2.65. The minimum atomic E-state index is 0.671. The Labute approximate surface area is 97.3 Å². The van der Waals surface area contributed by atoms with Gasteiger partial charge in [-0.2, -0.15) is 0 Å². The first-order valence-corrected chi connectivity index (χ1v) is 5.21. The van der Waals surface area contributed by atoms with Gasteiger partial charge in [0.05, 0.1) is 0 Å². The van der Waals surface area contributed by atoms with Crippen LogP contribution in [0.2, 0.25) is 0 Å². The normalized spacial score (nSPS) is 10.6. The van der Waals surface area contributed by atoms with E-state index in [4.69, 9.17) is 0 Å². The summed E-state index contributed by atoms with van der Waals surface area (Å²) >= 11 is 0. The number of hydrogen-bond donors (Lipinski definition) is 1. The van der Waals surface area contributed by atoms with E-state index in [-0.39, 0.29) is 0 Å². The van der Waals surface area contributed by atoms with E-state index in [1.807, 2.05) is 18.2 Å². The molecule has 2 aromatic heterocycles. The van der Waals surface area contributed by atoms with Crippen LogP contribution < -0.4 is 0 Å². The number of benzene rings is 1. The lowest BCUT2D eigenvalue weighted by Crippen LogP contribution is -1.81. The van der Waals surface area contributed by atoms with Gasteiger partial charge in [0, 0.05) is 22.8 Å². The van der Waals surface area contributed by atoms with Crippen LogP contribution in [0.1, 0.15) is 10.4 Å². The van der Waals surface area contributed by atoms with Crippen molar-refractivity contribution in [2.24, 2.45) is 0 Å². The number of carbonyl (C=O) groups excluding carboxylic acids is 1. The van der Waals surface area contributed by atoms with E-state index in [9.17, 15) is 4.79 Å². The standard InChI is InChI=1S/C13H9N3O/c17-7-9-1-3-10(4-2-9)12-5-11-6-14-8-15-13(11)16-12/h1-8H,(H,14,15,16). The molecular weight excluding hydrogens is 214 g/mol. The fraction of sp³-hybridized carbons (Fsp3) is 0. The third kappa shape index (κ3) is 1.69. The van der Waals surface area contributed by atoms with Gasteiger partial charge in [0.1, 0.15) is 18.3 Å². The summed E-state index contributed by atoms with van der Waals surface area (Å²) in [6.45, 7) is 0. The summed E-state index contributed by atoms with van der Waals surface area (Å²) in [5, 5.41) is 0.974. The fourth-order valence-electron chi connectivity index (χ4n) is 1.77. The Hall–Kier alpha value is -2.49. The molecule has 0 aliphatic rings. The molecule has 0 atom stereocenters. The van der Waals surface area contributed by atoms with Gasteiger partial charge in [-0.1, -0.05) is 24.3 Å². The van der Waals surface area contributed by atoms with Crippen molar-refractivity contribution in [2.45, 2.75) is 0 Å². The zero-order valence-electron chi connectivity index (χ0n) is 8.92. The lowest BCUT2D eigenvalue weighted by atomic mass is 10.1. The van der Waals surface area contributed by atoms with Gasteiger partial charge in [-0.25, -0.2) is 9.97 Å². The Morgan fingerprint density at radius 3 is 2.71 bits per heavy atom. The molecule has 3 aromatic rings. The maximum Gasteiger partial charge on any atom is 0.150 e. The lowest BCUT2D eigenvalue weighted by molar-refractivity contribution is 0.112. The molecule has 0 radical (unpaired) electrons. The topological polar surface area (TPSA) is 58.6 Å². The van der Waals surface area contributed by atoms with Crippen LogP contribution in [-0.2, 0) is 0 Å². The Bertz CT molecular complexity index is 637. The van der Waals surface area contributed by atoms with Crippen LogP contribution in [0.3, 0.4) is 0 Å². The van der Waals surface area contributed by atoms with Crippen LogP contribution in [0.15, 0.2) is 42.9 Å². The molecule has 1 N–H and O–H groups in total. The van der Waals surface area contributed by atoms with Crippen molar-refractivity contribution >= 4 is 17.3 Å². The molecule has 3 rings (SSSR count). The van der Waals surface area contributed by atoms with Crippen LogP contribution in [0.5, 0.6) is 0 Å². The molecule has 0 amide bonds. The predicted octanol–water partition coefficient (Wildman–Crippen LogP) is 2.44. The number of hydrogen-bond acceptors (Lipinski definition) is 3. The highest BCUT2D eigenvalue weighted by atomic mass is 16.1. The number of H-pyrrole nitrogens is 1. The molecule has 0 bridgehead atoms. The van der Waals surface area contributed by atoms with Gasteiger partial charge < -0.3 is 4.98 Å². The van der Waals surface area contributed by atoms with E-state index in [0.717, 1.165) is 28.6 Å². The molecule has 4 nitrogen and oxygen atoms in total. The number of carbonyl (C=O) groups is 1. The third-order valence-corrected chi connectivity index (χ3v) is 2.65. The summed E-state index contributed by atoms with van der Waals surface area (Å²) in [7, 11) is 0. The first-order valence-electron chi connectivity index (χ1n) is 5.21. The van der Waals surface area contributed by atoms with Crippen LogP contribution in [0.25, 0.3) is 22.3 Å². The zero-order valence-corrected chi connectivity index (χ0v) is 8.92. The minimum absolute atomic E-state index is 0.671. The number of aromatic nitrogens is 3. The lowest BCUT2D eigenvalue weighted by Gasteiger charge is -1.97. The average molecular weight is 223 g/mol. The first-order chi connectivity index (χ1) is 8.36. The van der Waals surface area contributed by atoms with Crippen molar-refractivity contribution in [1.29, 1.82) is 0 Å². The van der Waals surface area contributed by atoms with E-state index >= 15 is 0 Å². The van der Waals surface area contributed by atoms with Crippen LogP contribution in [0.4, 0.5) is 0 Å². The molecule has 17 heavy (non-hydrogen) atoms. The van der Waals surface area contributed by atoms with Gasteiger partial charge in [0.15, 0.2) is 0 Å². The number of aldehydes is 1. The Morgan fingerprint density at radius 2 is 2.00 bits per heavy atom. The molecule has 82 valence electrons. The van der Waals surface area contributed by atoms with E-state index < -0.39 is 0 Å². The smallest absolute Gasteiger partial charge is 0.150 e. The van der Waals surface area contributed by atoms with Gasteiger partial charge in [-0.3, -0.25) is 4.79 Å². The molecule has 0 saturated carbocycles. The van der Waals surface area contributed by atoms with Crippen LogP contribution in [0, 0.1) is 0 Å².